The number of aliphatic hydroxyl groups is 1. The minimum Gasteiger partial charge on any atom is -0.507 e. The van der Waals surface area contributed by atoms with Gasteiger partial charge in [0.25, 0.3) is 11.7 Å². The molecule has 3 aromatic rings. The summed E-state index contributed by atoms with van der Waals surface area (Å²) in [6, 6.07) is 21.5. The molecule has 0 spiro atoms. The number of morpholine rings is 1. The topological polar surface area (TPSA) is 88.5 Å². The van der Waals surface area contributed by atoms with E-state index in [2.05, 4.69) is 4.90 Å². The Morgan fingerprint density at radius 1 is 0.951 bits per heavy atom. The fraction of sp³-hybridized carbons (Fsp3) is 0.333. The van der Waals surface area contributed by atoms with Crippen LogP contribution in [0.1, 0.15) is 36.1 Å². The second kappa shape index (κ2) is 11.8. The molecular weight excluding hydrogens is 520 g/mol. The third-order valence-electron chi connectivity index (χ3n) is 7.84. The largest absolute Gasteiger partial charge is 0.507 e. The Balaban J connectivity index is 1.35. The first kappa shape index (κ1) is 27.1. The van der Waals surface area contributed by atoms with E-state index in [0.717, 1.165) is 30.9 Å². The summed E-state index contributed by atoms with van der Waals surface area (Å²) in [6.45, 7) is 6.25. The van der Waals surface area contributed by atoms with Gasteiger partial charge in [0.05, 0.1) is 24.8 Å². The Kier molecular flexibility index (Phi) is 7.76. The number of ketones is 1. The van der Waals surface area contributed by atoms with Crippen LogP contribution in [0.5, 0.6) is 17.2 Å². The van der Waals surface area contributed by atoms with Crippen LogP contribution in [-0.2, 0) is 20.7 Å². The third-order valence-corrected chi connectivity index (χ3v) is 7.84. The lowest BCUT2D eigenvalue weighted by Crippen LogP contribution is -2.38. The normalized spacial score (nSPS) is 22.0. The fourth-order valence-electron chi connectivity index (χ4n) is 5.84. The minimum atomic E-state index is -0.748. The summed E-state index contributed by atoms with van der Waals surface area (Å²) >= 11 is 0. The lowest BCUT2D eigenvalue weighted by atomic mass is 9.94. The number of hydrogen-bond donors (Lipinski definition) is 1. The van der Waals surface area contributed by atoms with Crippen LogP contribution in [0.3, 0.4) is 0 Å². The first-order valence-electron chi connectivity index (χ1n) is 14.2. The Labute approximate surface area is 239 Å². The van der Waals surface area contributed by atoms with Gasteiger partial charge in [-0.05, 0) is 66.9 Å². The van der Waals surface area contributed by atoms with Crippen molar-refractivity contribution >= 4 is 17.4 Å². The minimum absolute atomic E-state index is 0.0480. The molecule has 3 aromatic carbocycles. The summed E-state index contributed by atoms with van der Waals surface area (Å²) in [5.74, 6) is 0.570. The van der Waals surface area contributed by atoms with E-state index in [0.29, 0.717) is 55.2 Å². The van der Waals surface area contributed by atoms with Crippen molar-refractivity contribution in [2.75, 3.05) is 39.4 Å². The molecule has 3 heterocycles. The highest BCUT2D eigenvalue weighted by Crippen LogP contribution is 2.41. The Morgan fingerprint density at radius 2 is 1.73 bits per heavy atom. The van der Waals surface area contributed by atoms with Gasteiger partial charge in [0, 0.05) is 38.2 Å². The van der Waals surface area contributed by atoms with Gasteiger partial charge < -0.3 is 24.2 Å². The van der Waals surface area contributed by atoms with Crippen molar-refractivity contribution in [3.8, 4) is 17.2 Å². The third kappa shape index (κ3) is 5.71. The molecular formula is C33H34N2O6. The van der Waals surface area contributed by atoms with Crippen LogP contribution in [0.2, 0.25) is 0 Å². The van der Waals surface area contributed by atoms with Crippen molar-refractivity contribution in [3.63, 3.8) is 0 Å². The number of carbonyl (C=O) groups excluding carboxylic acids is 2. The van der Waals surface area contributed by atoms with E-state index in [1.165, 1.54) is 0 Å². The number of amides is 1. The molecule has 3 aliphatic rings. The molecule has 0 bridgehead atoms. The Morgan fingerprint density at radius 3 is 2.54 bits per heavy atom. The zero-order valence-electron chi connectivity index (χ0n) is 23.1. The number of Topliss-reactive ketones (excluding diaryl/α,β-unsaturated/α-hetero) is 1. The van der Waals surface area contributed by atoms with E-state index in [9.17, 15) is 14.7 Å². The van der Waals surface area contributed by atoms with E-state index in [1.54, 1.807) is 11.0 Å². The number of rotatable bonds is 8. The zero-order valence-corrected chi connectivity index (χ0v) is 23.1. The van der Waals surface area contributed by atoms with Crippen LogP contribution < -0.4 is 9.47 Å². The average Bonchev–Trinajstić information content (AvgIpc) is 3.49. The second-order valence-electron chi connectivity index (χ2n) is 10.7. The van der Waals surface area contributed by atoms with Crippen molar-refractivity contribution in [2.45, 2.75) is 31.9 Å². The van der Waals surface area contributed by atoms with E-state index in [-0.39, 0.29) is 17.4 Å². The molecule has 1 N–H and O–H groups in total. The average molecular weight is 555 g/mol. The summed E-state index contributed by atoms with van der Waals surface area (Å²) in [6.07, 6.45) is 1.46. The smallest absolute Gasteiger partial charge is 0.295 e. The Bertz CT molecular complexity index is 1460. The summed E-state index contributed by atoms with van der Waals surface area (Å²) < 4.78 is 17.3. The SMILES string of the molecule is C[C@H]1Cc2cc(C(O)=C3C(=O)C(=O)N(CCCN4CCOCC4)[C@H]3c3cccc(Oc4ccccc4)c3)ccc2O1. The van der Waals surface area contributed by atoms with Crippen molar-refractivity contribution in [2.24, 2.45) is 0 Å². The van der Waals surface area contributed by atoms with Gasteiger partial charge in [0.2, 0.25) is 0 Å². The lowest BCUT2D eigenvalue weighted by molar-refractivity contribution is -0.140. The predicted octanol–water partition coefficient (Wildman–Crippen LogP) is 4.95. The maximum atomic E-state index is 13.5. The summed E-state index contributed by atoms with van der Waals surface area (Å²) in [5.41, 5.74) is 2.25. The number of likely N-dealkylation sites (tertiary alicyclic amines) is 1. The van der Waals surface area contributed by atoms with E-state index in [4.69, 9.17) is 14.2 Å². The van der Waals surface area contributed by atoms with Crippen LogP contribution in [0.15, 0.2) is 78.4 Å². The molecule has 0 radical (unpaired) electrons. The molecule has 2 atom stereocenters. The molecule has 2 fully saturated rings. The van der Waals surface area contributed by atoms with Crippen molar-refractivity contribution in [1.29, 1.82) is 0 Å². The molecule has 8 heteroatoms. The predicted molar refractivity (Wildman–Crippen MR) is 154 cm³/mol. The van der Waals surface area contributed by atoms with E-state index < -0.39 is 17.7 Å². The molecule has 212 valence electrons. The quantitative estimate of drug-likeness (QED) is 0.240. The van der Waals surface area contributed by atoms with Crippen molar-refractivity contribution < 1.29 is 28.9 Å². The highest BCUT2D eigenvalue weighted by Gasteiger charge is 2.46. The van der Waals surface area contributed by atoms with Crippen LogP contribution in [-0.4, -0.2) is 72.1 Å². The molecule has 6 rings (SSSR count). The van der Waals surface area contributed by atoms with Crippen LogP contribution in [0.25, 0.3) is 5.76 Å². The molecule has 1 amide bonds. The standard InChI is InChI=1S/C33H34N2O6/c1-22-19-25-20-24(11-12-28(25)40-22)31(36)29-30(23-7-5-10-27(21-23)41-26-8-3-2-4-9-26)35(33(38)32(29)37)14-6-13-34-15-17-39-18-16-34/h2-5,7-12,20-22,30,36H,6,13-19H2,1H3/t22-,30-/m0/s1. The van der Waals surface area contributed by atoms with Gasteiger partial charge in [-0.1, -0.05) is 30.3 Å². The summed E-state index contributed by atoms with van der Waals surface area (Å²) in [7, 11) is 0. The molecule has 0 saturated carbocycles. The van der Waals surface area contributed by atoms with Gasteiger partial charge >= 0.3 is 0 Å². The number of hydrogen-bond acceptors (Lipinski definition) is 7. The number of ether oxygens (including phenoxy) is 3. The monoisotopic (exact) mass is 554 g/mol. The molecule has 3 aliphatic heterocycles. The Hall–Kier alpha value is -4.14. The second-order valence-corrected chi connectivity index (χ2v) is 10.7. The van der Waals surface area contributed by atoms with Crippen LogP contribution in [0.4, 0.5) is 0 Å². The van der Waals surface area contributed by atoms with Crippen molar-refractivity contribution in [3.05, 3.63) is 95.1 Å². The molecule has 2 saturated heterocycles. The van der Waals surface area contributed by atoms with Gasteiger partial charge in [-0.2, -0.15) is 0 Å². The molecule has 41 heavy (non-hydrogen) atoms. The van der Waals surface area contributed by atoms with E-state index >= 15 is 0 Å². The number of benzene rings is 3. The molecule has 8 nitrogen and oxygen atoms in total. The van der Waals surface area contributed by atoms with Gasteiger partial charge in [-0.25, -0.2) is 0 Å². The van der Waals surface area contributed by atoms with Gasteiger partial charge in [0.1, 0.15) is 29.1 Å². The van der Waals surface area contributed by atoms with Gasteiger partial charge in [-0.3, -0.25) is 14.5 Å². The van der Waals surface area contributed by atoms with E-state index in [1.807, 2.05) is 73.7 Å². The summed E-state index contributed by atoms with van der Waals surface area (Å²) in [4.78, 5) is 30.9. The van der Waals surface area contributed by atoms with Crippen LogP contribution >= 0.6 is 0 Å². The number of aliphatic hydroxyl groups excluding tert-OH is 1. The first-order valence-corrected chi connectivity index (χ1v) is 14.2. The number of carbonyl (C=O) groups is 2. The highest BCUT2D eigenvalue weighted by atomic mass is 16.5. The van der Waals surface area contributed by atoms with Crippen molar-refractivity contribution in [1.82, 2.24) is 9.80 Å². The highest BCUT2D eigenvalue weighted by molar-refractivity contribution is 6.46. The van der Waals surface area contributed by atoms with Gasteiger partial charge in [-0.15, -0.1) is 0 Å². The van der Waals surface area contributed by atoms with Gasteiger partial charge in [0.15, 0.2) is 0 Å². The summed E-state index contributed by atoms with van der Waals surface area (Å²) in [5, 5.41) is 11.6. The fourth-order valence-corrected chi connectivity index (χ4v) is 5.84. The van der Waals surface area contributed by atoms with Crippen LogP contribution in [0, 0.1) is 0 Å². The maximum absolute atomic E-state index is 13.5. The number of fused-ring (bicyclic) bond motifs is 1. The maximum Gasteiger partial charge on any atom is 0.295 e. The zero-order chi connectivity index (χ0) is 28.3. The number of nitrogens with zero attached hydrogens (tertiary/aromatic N) is 2. The molecule has 0 aliphatic carbocycles. The molecule has 0 aromatic heterocycles. The lowest BCUT2D eigenvalue weighted by Gasteiger charge is -2.29. The molecule has 0 unspecified atom stereocenters. The first-order chi connectivity index (χ1) is 20.0. The number of para-hydroxylation sites is 1.